The number of carbonyl (C=O) groups excluding carboxylic acids is 2. The van der Waals surface area contributed by atoms with Gasteiger partial charge in [0.15, 0.2) is 6.17 Å². The van der Waals surface area contributed by atoms with Crippen LogP contribution in [-0.4, -0.2) is 63.8 Å². The number of carbonyl (C=O) groups is 2. The summed E-state index contributed by atoms with van der Waals surface area (Å²) >= 11 is 0. The Morgan fingerprint density at radius 1 is 0.971 bits per heavy atom. The zero-order valence-corrected chi connectivity index (χ0v) is 19.4. The minimum Gasteiger partial charge on any atom is -0.444 e. The molecule has 0 radical (unpaired) electrons. The van der Waals surface area contributed by atoms with Crippen molar-refractivity contribution in [1.82, 2.24) is 20.0 Å². The van der Waals surface area contributed by atoms with Crippen LogP contribution in [0.15, 0.2) is 53.3 Å². The quantitative estimate of drug-likeness (QED) is 0.635. The molecule has 4 rings (SSSR count). The van der Waals surface area contributed by atoms with Crippen LogP contribution >= 0.6 is 0 Å². The van der Waals surface area contributed by atoms with E-state index in [2.05, 4.69) is 10.2 Å². The lowest BCUT2D eigenvalue weighted by atomic mass is 9.97. The first-order chi connectivity index (χ1) is 16.2. The molecule has 1 fully saturated rings. The van der Waals surface area contributed by atoms with Gasteiger partial charge in [0, 0.05) is 42.7 Å². The zero-order valence-electron chi connectivity index (χ0n) is 19.4. The molecular weight excluding hydrogens is 439 g/mol. The highest BCUT2D eigenvalue weighted by Gasteiger charge is 2.30. The molecule has 0 saturated carbocycles. The summed E-state index contributed by atoms with van der Waals surface area (Å²) in [5, 5.41) is 7.03. The Kier molecular flexibility index (Phi) is 6.37. The summed E-state index contributed by atoms with van der Waals surface area (Å²) in [5.74, 6) is -0.323. The molecule has 2 amide bonds. The second-order valence-electron chi connectivity index (χ2n) is 9.19. The van der Waals surface area contributed by atoms with Gasteiger partial charge in [-0.1, -0.05) is 36.4 Å². The van der Waals surface area contributed by atoms with Gasteiger partial charge in [-0.25, -0.2) is 14.3 Å². The highest BCUT2D eigenvalue weighted by Crippen LogP contribution is 2.31. The topological polar surface area (TPSA) is 95.6 Å². The van der Waals surface area contributed by atoms with E-state index < -0.39 is 23.4 Å². The molecule has 1 aliphatic heterocycles. The van der Waals surface area contributed by atoms with Crippen molar-refractivity contribution >= 4 is 22.8 Å². The van der Waals surface area contributed by atoms with Gasteiger partial charge in [-0.3, -0.25) is 9.59 Å². The third-order valence-corrected chi connectivity index (χ3v) is 5.65. The van der Waals surface area contributed by atoms with Gasteiger partial charge in [0.1, 0.15) is 11.3 Å². The fraction of sp³-hybridized carbons (Fsp3) is 0.360. The van der Waals surface area contributed by atoms with E-state index in [1.807, 2.05) is 0 Å². The molecule has 1 saturated heterocycles. The van der Waals surface area contributed by atoms with Crippen molar-refractivity contribution in [2.24, 2.45) is 0 Å². The minimum absolute atomic E-state index is 0.0465. The van der Waals surface area contributed by atoms with Crippen LogP contribution in [-0.2, 0) is 4.74 Å². The first-order valence-electron chi connectivity index (χ1n) is 11.1. The molecule has 1 atom stereocenters. The lowest BCUT2D eigenvalue weighted by Gasteiger charge is -2.36. The summed E-state index contributed by atoms with van der Waals surface area (Å²) in [7, 11) is 0. The largest absolute Gasteiger partial charge is 0.444 e. The number of hydrogen-bond donors (Lipinski definition) is 1. The van der Waals surface area contributed by atoms with Gasteiger partial charge in [-0.05, 0) is 32.9 Å². The van der Waals surface area contributed by atoms with Crippen molar-refractivity contribution in [2.45, 2.75) is 32.5 Å². The van der Waals surface area contributed by atoms with Gasteiger partial charge in [-0.2, -0.15) is 5.10 Å². The van der Waals surface area contributed by atoms with E-state index in [0.717, 1.165) is 0 Å². The molecule has 0 bridgehead atoms. The fourth-order valence-corrected chi connectivity index (χ4v) is 3.98. The SMILES string of the molecule is CC(C)(C)OC(=O)N1CCN(C(=O)c2ccccc2C(F)c2n[nH]c(=O)c3ccccc23)CC1. The molecule has 2 heterocycles. The Morgan fingerprint density at radius 3 is 2.24 bits per heavy atom. The van der Waals surface area contributed by atoms with E-state index in [4.69, 9.17) is 4.74 Å². The van der Waals surface area contributed by atoms with E-state index >= 15 is 4.39 Å². The molecule has 0 spiro atoms. The second kappa shape index (κ2) is 9.24. The second-order valence-corrected chi connectivity index (χ2v) is 9.19. The highest BCUT2D eigenvalue weighted by molar-refractivity contribution is 5.96. The number of hydrogen-bond acceptors (Lipinski definition) is 5. The first kappa shape index (κ1) is 23.4. The number of rotatable bonds is 3. The average Bonchev–Trinajstić information content (AvgIpc) is 2.83. The zero-order chi connectivity index (χ0) is 24.5. The number of H-pyrrole nitrogens is 1. The van der Waals surface area contributed by atoms with Gasteiger partial charge in [-0.15, -0.1) is 0 Å². The van der Waals surface area contributed by atoms with Gasteiger partial charge in [0.05, 0.1) is 5.39 Å². The van der Waals surface area contributed by atoms with Crippen molar-refractivity contribution in [1.29, 1.82) is 0 Å². The van der Waals surface area contributed by atoms with Gasteiger partial charge in [0.25, 0.3) is 11.5 Å². The molecule has 3 aromatic rings. The number of aromatic amines is 1. The molecule has 2 aromatic carbocycles. The number of ether oxygens (including phenoxy) is 1. The van der Waals surface area contributed by atoms with E-state index in [1.54, 1.807) is 79.1 Å². The predicted octanol–water partition coefficient (Wildman–Crippen LogP) is 3.67. The van der Waals surface area contributed by atoms with Gasteiger partial charge in [0.2, 0.25) is 0 Å². The number of fused-ring (bicyclic) bond motifs is 1. The van der Waals surface area contributed by atoms with Crippen LogP contribution in [0.25, 0.3) is 10.8 Å². The summed E-state index contributed by atoms with van der Waals surface area (Å²) in [6.07, 6.45) is -2.13. The maximum Gasteiger partial charge on any atom is 0.410 e. The molecule has 0 aliphatic carbocycles. The number of nitrogens with one attached hydrogen (secondary N) is 1. The number of amides is 2. The number of alkyl halides is 1. The van der Waals surface area contributed by atoms with Crippen LogP contribution < -0.4 is 5.56 Å². The molecule has 178 valence electrons. The van der Waals surface area contributed by atoms with Crippen molar-refractivity contribution in [3.05, 3.63) is 75.7 Å². The molecule has 1 unspecified atom stereocenters. The van der Waals surface area contributed by atoms with Crippen molar-refractivity contribution in [3.63, 3.8) is 0 Å². The van der Waals surface area contributed by atoms with Crippen LogP contribution in [0.3, 0.4) is 0 Å². The Hall–Kier alpha value is -3.75. The number of halogens is 1. The summed E-state index contributed by atoms with van der Waals surface area (Å²) < 4.78 is 21.2. The van der Waals surface area contributed by atoms with Crippen molar-refractivity contribution in [3.8, 4) is 0 Å². The van der Waals surface area contributed by atoms with Crippen molar-refractivity contribution in [2.75, 3.05) is 26.2 Å². The van der Waals surface area contributed by atoms with Crippen LogP contribution in [0.2, 0.25) is 0 Å². The predicted molar refractivity (Wildman–Crippen MR) is 125 cm³/mol. The van der Waals surface area contributed by atoms with Crippen molar-refractivity contribution < 1.29 is 18.7 Å². The fourth-order valence-electron chi connectivity index (χ4n) is 3.98. The third-order valence-electron chi connectivity index (χ3n) is 5.65. The molecule has 8 nitrogen and oxygen atoms in total. The average molecular weight is 467 g/mol. The van der Waals surface area contributed by atoms with E-state index in [9.17, 15) is 14.4 Å². The summed E-state index contributed by atoms with van der Waals surface area (Å²) in [6.45, 7) is 6.68. The van der Waals surface area contributed by atoms with Gasteiger partial charge >= 0.3 is 6.09 Å². The van der Waals surface area contributed by atoms with Crippen LogP contribution in [0.1, 0.15) is 48.6 Å². The molecule has 1 N–H and O–H groups in total. The Labute approximate surface area is 196 Å². The monoisotopic (exact) mass is 466 g/mol. The molecule has 1 aliphatic rings. The maximum absolute atomic E-state index is 15.8. The lowest BCUT2D eigenvalue weighted by molar-refractivity contribution is 0.0140. The van der Waals surface area contributed by atoms with E-state index in [1.165, 1.54) is 0 Å². The molecule has 9 heteroatoms. The number of piperazine rings is 1. The van der Waals surface area contributed by atoms with Gasteiger partial charge < -0.3 is 14.5 Å². The Morgan fingerprint density at radius 2 is 1.56 bits per heavy atom. The highest BCUT2D eigenvalue weighted by atomic mass is 19.1. The molecule has 34 heavy (non-hydrogen) atoms. The van der Waals surface area contributed by atoms with E-state index in [0.29, 0.717) is 37.0 Å². The Balaban J connectivity index is 1.56. The Bertz CT molecular complexity index is 1280. The van der Waals surface area contributed by atoms with Crippen LogP contribution in [0, 0.1) is 0 Å². The van der Waals surface area contributed by atoms with Crippen LogP contribution in [0.4, 0.5) is 9.18 Å². The standard InChI is InChI=1S/C25H27FN4O4/c1-25(2,3)34-24(33)30-14-12-29(13-15-30)23(32)19-11-7-4-8-16(19)20(26)21-17-9-5-6-10-18(17)22(31)28-27-21/h4-11,20H,12-15H2,1-3H3,(H,28,31). The maximum atomic E-state index is 15.8. The minimum atomic E-state index is -1.72. The smallest absolute Gasteiger partial charge is 0.410 e. The summed E-state index contributed by atoms with van der Waals surface area (Å²) in [5.41, 5.74) is -0.562. The number of benzene rings is 2. The normalized spacial score (nSPS) is 15.3. The molecular formula is C25H27FN4O4. The summed E-state index contributed by atoms with van der Waals surface area (Å²) in [6, 6.07) is 13.1. The number of aromatic nitrogens is 2. The first-order valence-corrected chi connectivity index (χ1v) is 11.1. The summed E-state index contributed by atoms with van der Waals surface area (Å²) in [4.78, 5) is 40.9. The number of nitrogens with zero attached hydrogens (tertiary/aromatic N) is 3. The van der Waals surface area contributed by atoms with E-state index in [-0.39, 0.29) is 22.7 Å². The van der Waals surface area contributed by atoms with Crippen LogP contribution in [0.5, 0.6) is 0 Å². The lowest BCUT2D eigenvalue weighted by Crippen LogP contribution is -2.51. The third kappa shape index (κ3) is 4.78. The molecule has 1 aromatic heterocycles.